The fourth-order valence-corrected chi connectivity index (χ4v) is 4.01. The molecular weight excluding hydrogens is 521 g/mol. The summed E-state index contributed by atoms with van der Waals surface area (Å²) in [6.45, 7) is 1.39. The average molecular weight is 548 g/mol. The predicted molar refractivity (Wildman–Crippen MR) is 147 cm³/mol. The van der Waals surface area contributed by atoms with Gasteiger partial charge in [0.05, 0.1) is 18.1 Å². The van der Waals surface area contributed by atoms with E-state index in [9.17, 15) is 14.9 Å². The van der Waals surface area contributed by atoms with E-state index >= 15 is 0 Å². The van der Waals surface area contributed by atoms with E-state index in [1.165, 1.54) is 12.1 Å². The van der Waals surface area contributed by atoms with Crippen molar-refractivity contribution in [3.63, 3.8) is 0 Å². The minimum atomic E-state index is -0.586. The highest BCUT2D eigenvalue weighted by Gasteiger charge is 2.15. The SMILES string of the molecule is CN(CCO)CC(=O)Nc1ccc(NCCNc2ccc([N+](=O)[O-])c(N)n2)cc1-c1ccc(Cl)cc1Cl. The van der Waals surface area contributed by atoms with Crippen molar-refractivity contribution in [2.24, 2.45) is 0 Å². The zero-order valence-corrected chi connectivity index (χ0v) is 21.5. The van der Waals surface area contributed by atoms with Crippen molar-refractivity contribution < 1.29 is 14.8 Å². The Morgan fingerprint density at radius 2 is 1.86 bits per heavy atom. The quantitative estimate of drug-likeness (QED) is 0.128. The molecule has 11 nitrogen and oxygen atoms in total. The van der Waals surface area contributed by atoms with Crippen molar-refractivity contribution in [2.75, 3.05) is 61.5 Å². The number of amides is 1. The number of benzene rings is 2. The largest absolute Gasteiger partial charge is 0.395 e. The van der Waals surface area contributed by atoms with E-state index < -0.39 is 4.92 Å². The molecule has 0 fully saturated rings. The molecule has 0 unspecified atom stereocenters. The molecule has 0 aliphatic rings. The molecule has 3 aromatic rings. The Balaban J connectivity index is 1.72. The molecule has 196 valence electrons. The number of halogens is 2. The number of nitro groups is 1. The fourth-order valence-electron chi connectivity index (χ4n) is 3.50. The number of nitrogens with one attached hydrogen (secondary N) is 3. The van der Waals surface area contributed by atoms with Gasteiger partial charge in [0.1, 0.15) is 5.82 Å². The number of carbonyl (C=O) groups excluding carboxylic acids is 1. The molecule has 1 aromatic heterocycles. The van der Waals surface area contributed by atoms with Crippen LogP contribution in [-0.4, -0.2) is 65.7 Å². The Labute approximate surface area is 223 Å². The maximum absolute atomic E-state index is 12.6. The standard InChI is InChI=1S/C24H27Cl2N7O4/c1-32(10-11-34)14-23(35)30-20-5-3-16(13-18(20)17-4-2-15(25)12-19(17)26)28-8-9-29-22-7-6-21(33(36)37)24(27)31-22/h2-7,12-13,28,34H,8-11,14H2,1H3,(H,30,35)(H3,27,29,31). The minimum absolute atomic E-state index is 0.0434. The van der Waals surface area contributed by atoms with Crippen LogP contribution in [0.4, 0.5) is 28.7 Å². The molecule has 0 saturated carbocycles. The number of hydrogen-bond donors (Lipinski definition) is 5. The lowest BCUT2D eigenvalue weighted by Crippen LogP contribution is -2.32. The first kappa shape index (κ1) is 27.9. The molecule has 0 radical (unpaired) electrons. The van der Waals surface area contributed by atoms with E-state index in [0.717, 1.165) is 5.69 Å². The van der Waals surface area contributed by atoms with Gasteiger partial charge in [-0.3, -0.25) is 19.8 Å². The van der Waals surface area contributed by atoms with Crippen LogP contribution in [0, 0.1) is 10.1 Å². The van der Waals surface area contributed by atoms with Gasteiger partial charge < -0.3 is 26.8 Å². The molecule has 0 aliphatic carbocycles. The van der Waals surface area contributed by atoms with Gasteiger partial charge in [-0.05, 0) is 43.4 Å². The third kappa shape index (κ3) is 7.92. The highest BCUT2D eigenvalue weighted by atomic mass is 35.5. The monoisotopic (exact) mass is 547 g/mol. The number of aromatic nitrogens is 1. The third-order valence-electron chi connectivity index (χ3n) is 5.27. The zero-order chi connectivity index (χ0) is 26.9. The number of nitrogens with zero attached hydrogens (tertiary/aromatic N) is 3. The summed E-state index contributed by atoms with van der Waals surface area (Å²) in [5, 5.41) is 30.1. The first-order chi connectivity index (χ1) is 17.7. The molecule has 1 amide bonds. The predicted octanol–water partition coefficient (Wildman–Crippen LogP) is 3.93. The summed E-state index contributed by atoms with van der Waals surface area (Å²) in [6.07, 6.45) is 0. The number of aliphatic hydroxyl groups is 1. The number of rotatable bonds is 12. The van der Waals surface area contributed by atoms with E-state index in [4.69, 9.17) is 34.0 Å². The number of nitrogen functional groups attached to an aromatic ring is 1. The van der Waals surface area contributed by atoms with E-state index in [2.05, 4.69) is 20.9 Å². The maximum Gasteiger partial charge on any atom is 0.311 e. The van der Waals surface area contributed by atoms with Gasteiger partial charge in [0.25, 0.3) is 0 Å². The summed E-state index contributed by atoms with van der Waals surface area (Å²) >= 11 is 12.5. The normalized spacial score (nSPS) is 10.8. The first-order valence-electron chi connectivity index (χ1n) is 11.3. The summed E-state index contributed by atoms with van der Waals surface area (Å²) in [7, 11) is 1.74. The van der Waals surface area contributed by atoms with Gasteiger partial charge >= 0.3 is 5.69 Å². The number of hydrogen-bond acceptors (Lipinski definition) is 9. The molecule has 0 aliphatic heterocycles. The number of anilines is 4. The summed E-state index contributed by atoms with van der Waals surface area (Å²) < 4.78 is 0. The number of likely N-dealkylation sites (N-methyl/N-ethyl adjacent to an activating group) is 1. The second-order valence-electron chi connectivity index (χ2n) is 8.11. The Morgan fingerprint density at radius 1 is 1.11 bits per heavy atom. The molecule has 0 atom stereocenters. The number of pyridine rings is 1. The Morgan fingerprint density at radius 3 is 2.54 bits per heavy atom. The minimum Gasteiger partial charge on any atom is -0.395 e. The maximum atomic E-state index is 12.6. The van der Waals surface area contributed by atoms with Crippen LogP contribution in [0.2, 0.25) is 10.0 Å². The second kappa shape index (κ2) is 13.1. The molecule has 0 spiro atoms. The van der Waals surface area contributed by atoms with Gasteiger partial charge in [-0.15, -0.1) is 0 Å². The van der Waals surface area contributed by atoms with Crippen LogP contribution in [0.15, 0.2) is 48.5 Å². The van der Waals surface area contributed by atoms with Gasteiger partial charge in [0.15, 0.2) is 0 Å². The van der Waals surface area contributed by atoms with Gasteiger partial charge in [-0.1, -0.05) is 29.3 Å². The van der Waals surface area contributed by atoms with Crippen LogP contribution < -0.4 is 21.7 Å². The Hall–Kier alpha value is -3.64. The molecule has 0 bridgehead atoms. The van der Waals surface area contributed by atoms with E-state index in [1.54, 1.807) is 36.2 Å². The highest BCUT2D eigenvalue weighted by Crippen LogP contribution is 2.36. The van der Waals surface area contributed by atoms with E-state index in [0.29, 0.717) is 52.3 Å². The lowest BCUT2D eigenvalue weighted by Gasteiger charge is -2.18. The van der Waals surface area contributed by atoms with Gasteiger partial charge in [0.2, 0.25) is 11.7 Å². The molecule has 2 aromatic carbocycles. The first-order valence-corrected chi connectivity index (χ1v) is 12.0. The summed E-state index contributed by atoms with van der Waals surface area (Å²) in [6, 6.07) is 13.4. The molecule has 3 rings (SSSR count). The Bertz CT molecular complexity index is 1280. The lowest BCUT2D eigenvalue weighted by molar-refractivity contribution is -0.384. The number of aliphatic hydroxyl groups excluding tert-OH is 1. The third-order valence-corrected chi connectivity index (χ3v) is 5.82. The zero-order valence-electron chi connectivity index (χ0n) is 20.0. The van der Waals surface area contributed by atoms with Gasteiger partial charge in [0, 0.05) is 58.2 Å². The average Bonchev–Trinajstić information content (AvgIpc) is 2.82. The van der Waals surface area contributed by atoms with Crippen LogP contribution in [0.5, 0.6) is 0 Å². The molecule has 0 saturated heterocycles. The second-order valence-corrected chi connectivity index (χ2v) is 8.95. The van der Waals surface area contributed by atoms with Crippen molar-refractivity contribution in [1.29, 1.82) is 0 Å². The van der Waals surface area contributed by atoms with Crippen molar-refractivity contribution in [1.82, 2.24) is 9.88 Å². The van der Waals surface area contributed by atoms with E-state index in [-0.39, 0.29) is 30.6 Å². The smallest absolute Gasteiger partial charge is 0.311 e. The van der Waals surface area contributed by atoms with Gasteiger partial charge in [-0.25, -0.2) is 4.98 Å². The van der Waals surface area contributed by atoms with Crippen LogP contribution in [0.25, 0.3) is 11.1 Å². The number of carbonyl (C=O) groups is 1. The Kier molecular flexibility index (Phi) is 9.86. The van der Waals surface area contributed by atoms with E-state index in [1.807, 2.05) is 12.1 Å². The van der Waals surface area contributed by atoms with Crippen molar-refractivity contribution in [2.45, 2.75) is 0 Å². The summed E-state index contributed by atoms with van der Waals surface area (Å²) in [4.78, 5) is 28.6. The van der Waals surface area contributed by atoms with Crippen LogP contribution in [0.1, 0.15) is 0 Å². The summed E-state index contributed by atoms with van der Waals surface area (Å²) in [5.41, 5.74) is 8.12. The van der Waals surface area contributed by atoms with Crippen molar-refractivity contribution >= 4 is 57.8 Å². The molecule has 1 heterocycles. The van der Waals surface area contributed by atoms with Gasteiger partial charge in [-0.2, -0.15) is 0 Å². The number of nitrogens with two attached hydrogens (primary N) is 1. The summed E-state index contributed by atoms with van der Waals surface area (Å²) in [5.74, 6) is 0.0254. The molecule has 37 heavy (non-hydrogen) atoms. The molecular formula is C24H27Cl2N7O4. The molecule has 13 heteroatoms. The fraction of sp³-hybridized carbons (Fsp3) is 0.250. The van der Waals surface area contributed by atoms with Crippen LogP contribution in [0.3, 0.4) is 0 Å². The van der Waals surface area contributed by atoms with Crippen molar-refractivity contribution in [3.05, 3.63) is 68.7 Å². The van der Waals surface area contributed by atoms with Crippen molar-refractivity contribution in [3.8, 4) is 11.1 Å². The lowest BCUT2D eigenvalue weighted by atomic mass is 10.0. The molecule has 6 N–H and O–H groups in total. The van der Waals surface area contributed by atoms with Crippen LogP contribution in [-0.2, 0) is 4.79 Å². The topological polar surface area (TPSA) is 159 Å². The van der Waals surface area contributed by atoms with Crippen LogP contribution >= 0.6 is 23.2 Å². The highest BCUT2D eigenvalue weighted by molar-refractivity contribution is 6.36.